The van der Waals surface area contributed by atoms with Gasteiger partial charge < -0.3 is 15.9 Å². The highest BCUT2D eigenvalue weighted by Crippen LogP contribution is 2.20. The minimum atomic E-state index is -1.23. The van der Waals surface area contributed by atoms with Gasteiger partial charge in [-0.05, 0) is 24.6 Å². The summed E-state index contributed by atoms with van der Waals surface area (Å²) in [5, 5.41) is 17.4. The summed E-state index contributed by atoms with van der Waals surface area (Å²) in [6, 6.07) is 2.67. The Morgan fingerprint density at radius 3 is 1.79 bits per heavy atom. The molecule has 0 aliphatic rings. The van der Waals surface area contributed by atoms with Gasteiger partial charge in [-0.1, -0.05) is 0 Å². The number of aryl methyl sites for hydroxylation is 1. The van der Waals surface area contributed by atoms with Crippen LogP contribution < -0.4 is 5.73 Å². The lowest BCUT2D eigenvalue weighted by atomic mass is 10.0. The highest BCUT2D eigenvalue weighted by Gasteiger charge is 2.16. The van der Waals surface area contributed by atoms with Crippen molar-refractivity contribution < 1.29 is 19.8 Å². The molecule has 14 heavy (non-hydrogen) atoms. The third kappa shape index (κ3) is 1.66. The molecule has 0 saturated heterocycles. The monoisotopic (exact) mass is 195 g/mol. The fraction of sp³-hybridized carbons (Fsp3) is 0.111. The van der Waals surface area contributed by atoms with Crippen molar-refractivity contribution in [3.05, 3.63) is 28.8 Å². The van der Waals surface area contributed by atoms with Crippen LogP contribution in [0.25, 0.3) is 0 Å². The minimum absolute atomic E-state index is 0.178. The van der Waals surface area contributed by atoms with Gasteiger partial charge in [-0.15, -0.1) is 0 Å². The zero-order valence-corrected chi connectivity index (χ0v) is 7.44. The third-order valence-electron chi connectivity index (χ3n) is 1.79. The fourth-order valence-electron chi connectivity index (χ4n) is 1.15. The van der Waals surface area contributed by atoms with Crippen LogP contribution >= 0.6 is 0 Å². The second-order valence-electron chi connectivity index (χ2n) is 2.88. The van der Waals surface area contributed by atoms with E-state index < -0.39 is 11.9 Å². The average Bonchev–Trinajstić information content (AvgIpc) is 2.07. The maximum absolute atomic E-state index is 10.7. The summed E-state index contributed by atoms with van der Waals surface area (Å²) < 4.78 is 0. The topological polar surface area (TPSA) is 101 Å². The number of rotatable bonds is 2. The molecule has 0 aliphatic heterocycles. The van der Waals surface area contributed by atoms with E-state index in [2.05, 4.69) is 0 Å². The number of anilines is 1. The van der Waals surface area contributed by atoms with E-state index in [4.69, 9.17) is 15.9 Å². The van der Waals surface area contributed by atoms with Crippen LogP contribution in [0.4, 0.5) is 5.69 Å². The van der Waals surface area contributed by atoms with Gasteiger partial charge in [-0.2, -0.15) is 0 Å². The predicted octanol–water partition coefficient (Wildman–Crippen LogP) is 0.974. The van der Waals surface area contributed by atoms with Crippen molar-refractivity contribution in [2.24, 2.45) is 0 Å². The van der Waals surface area contributed by atoms with Gasteiger partial charge in [-0.25, -0.2) is 9.59 Å². The van der Waals surface area contributed by atoms with Gasteiger partial charge >= 0.3 is 11.9 Å². The number of carboxylic acid groups (broad SMARTS) is 2. The zero-order chi connectivity index (χ0) is 10.9. The molecule has 0 saturated carbocycles. The van der Waals surface area contributed by atoms with Crippen molar-refractivity contribution >= 4 is 17.6 Å². The lowest BCUT2D eigenvalue weighted by molar-refractivity contribution is 0.0696. The van der Waals surface area contributed by atoms with Gasteiger partial charge in [0.2, 0.25) is 0 Å². The molecule has 0 aromatic heterocycles. The smallest absolute Gasteiger partial charge is 0.337 e. The van der Waals surface area contributed by atoms with Crippen LogP contribution in [0.15, 0.2) is 12.1 Å². The van der Waals surface area contributed by atoms with Crippen LogP contribution in [0.5, 0.6) is 0 Å². The van der Waals surface area contributed by atoms with Gasteiger partial charge in [0.25, 0.3) is 0 Å². The summed E-state index contributed by atoms with van der Waals surface area (Å²) in [6.07, 6.45) is 0. The molecule has 0 bridgehead atoms. The minimum Gasteiger partial charge on any atom is -0.478 e. The lowest BCUT2D eigenvalue weighted by Gasteiger charge is -2.06. The summed E-state index contributed by atoms with van der Waals surface area (Å²) >= 11 is 0. The number of nitrogens with two attached hydrogens (primary N) is 1. The standard InChI is InChI=1S/C9H9NO4/c1-4-2-5(8(11)12)7(10)6(3-4)9(13)14/h2-3H,10H2,1H3,(H,11,12)(H,13,14). The normalized spacial score (nSPS) is 9.79. The van der Waals surface area contributed by atoms with Crippen LogP contribution in [-0.4, -0.2) is 22.2 Å². The Morgan fingerprint density at radius 1 is 1.14 bits per heavy atom. The summed E-state index contributed by atoms with van der Waals surface area (Å²) in [5.74, 6) is -2.46. The van der Waals surface area contributed by atoms with Crippen LogP contribution in [0.1, 0.15) is 26.3 Å². The second-order valence-corrected chi connectivity index (χ2v) is 2.88. The first kappa shape index (κ1) is 10.0. The Bertz CT molecular complexity index is 376. The van der Waals surface area contributed by atoms with Crippen molar-refractivity contribution in [3.8, 4) is 0 Å². The Balaban J connectivity index is 3.47. The van der Waals surface area contributed by atoms with Crippen LogP contribution in [0.2, 0.25) is 0 Å². The number of hydrogen-bond acceptors (Lipinski definition) is 3. The first-order valence-corrected chi connectivity index (χ1v) is 3.80. The largest absolute Gasteiger partial charge is 0.478 e. The number of carbonyl (C=O) groups is 2. The predicted molar refractivity (Wildman–Crippen MR) is 49.5 cm³/mol. The molecule has 0 fully saturated rings. The van der Waals surface area contributed by atoms with E-state index in [0.29, 0.717) is 5.56 Å². The first-order valence-electron chi connectivity index (χ1n) is 3.80. The molecule has 5 heteroatoms. The Morgan fingerprint density at radius 2 is 1.50 bits per heavy atom. The molecule has 0 heterocycles. The summed E-state index contributed by atoms with van der Waals surface area (Å²) in [5.41, 5.74) is 5.37. The molecule has 0 atom stereocenters. The van der Waals surface area contributed by atoms with E-state index in [1.165, 1.54) is 12.1 Å². The Hall–Kier alpha value is -2.04. The third-order valence-corrected chi connectivity index (χ3v) is 1.79. The number of hydrogen-bond donors (Lipinski definition) is 3. The second kappa shape index (κ2) is 3.37. The molecule has 1 rings (SSSR count). The average molecular weight is 195 g/mol. The van der Waals surface area contributed by atoms with Crippen molar-refractivity contribution in [2.75, 3.05) is 5.73 Å². The maximum Gasteiger partial charge on any atom is 0.337 e. The van der Waals surface area contributed by atoms with Crippen molar-refractivity contribution in [1.82, 2.24) is 0 Å². The zero-order valence-electron chi connectivity index (χ0n) is 7.44. The molecule has 1 aromatic rings. The van der Waals surface area contributed by atoms with Gasteiger partial charge in [0.15, 0.2) is 0 Å². The van der Waals surface area contributed by atoms with E-state index >= 15 is 0 Å². The van der Waals surface area contributed by atoms with Gasteiger partial charge in [-0.3, -0.25) is 0 Å². The molecule has 1 aromatic carbocycles. The van der Waals surface area contributed by atoms with Crippen LogP contribution in [0, 0.1) is 6.92 Å². The van der Waals surface area contributed by atoms with Crippen molar-refractivity contribution in [2.45, 2.75) is 6.92 Å². The van der Waals surface area contributed by atoms with Crippen molar-refractivity contribution in [1.29, 1.82) is 0 Å². The molecule has 0 radical (unpaired) electrons. The molecular formula is C9H9NO4. The first-order chi connectivity index (χ1) is 6.43. The van der Waals surface area contributed by atoms with Gasteiger partial charge in [0.05, 0.1) is 16.8 Å². The van der Waals surface area contributed by atoms with Crippen LogP contribution in [-0.2, 0) is 0 Å². The molecule has 0 unspecified atom stereocenters. The molecule has 74 valence electrons. The van der Waals surface area contributed by atoms with E-state index in [0.717, 1.165) is 0 Å². The van der Waals surface area contributed by atoms with Gasteiger partial charge in [0.1, 0.15) is 0 Å². The molecular weight excluding hydrogens is 186 g/mol. The summed E-state index contributed by atoms with van der Waals surface area (Å²) in [6.45, 7) is 1.61. The quantitative estimate of drug-likeness (QED) is 0.610. The lowest BCUT2D eigenvalue weighted by Crippen LogP contribution is -2.09. The van der Waals surface area contributed by atoms with E-state index in [-0.39, 0.29) is 16.8 Å². The fourth-order valence-corrected chi connectivity index (χ4v) is 1.15. The molecule has 4 N–H and O–H groups in total. The number of aromatic carboxylic acids is 2. The SMILES string of the molecule is Cc1cc(C(=O)O)c(N)c(C(=O)O)c1. The molecule has 5 nitrogen and oxygen atoms in total. The Labute approximate surface area is 79.8 Å². The number of benzene rings is 1. The summed E-state index contributed by atoms with van der Waals surface area (Å²) in [7, 11) is 0. The maximum atomic E-state index is 10.7. The highest BCUT2D eigenvalue weighted by molar-refractivity contribution is 6.02. The van der Waals surface area contributed by atoms with Crippen LogP contribution in [0.3, 0.4) is 0 Å². The number of nitrogen functional groups attached to an aromatic ring is 1. The molecule has 0 amide bonds. The summed E-state index contributed by atoms with van der Waals surface area (Å²) in [4.78, 5) is 21.4. The van der Waals surface area contributed by atoms with Gasteiger partial charge in [0, 0.05) is 0 Å². The van der Waals surface area contributed by atoms with E-state index in [1.54, 1.807) is 6.92 Å². The van der Waals surface area contributed by atoms with Crippen molar-refractivity contribution in [3.63, 3.8) is 0 Å². The highest BCUT2D eigenvalue weighted by atomic mass is 16.4. The van der Waals surface area contributed by atoms with E-state index in [9.17, 15) is 9.59 Å². The Kier molecular flexibility index (Phi) is 2.42. The number of carboxylic acids is 2. The molecule has 0 spiro atoms. The molecule has 0 aliphatic carbocycles. The van der Waals surface area contributed by atoms with E-state index in [1.807, 2.05) is 0 Å².